The first kappa shape index (κ1) is 15.2. The van der Waals surface area contributed by atoms with Crippen LogP contribution in [0.25, 0.3) is 0 Å². The highest BCUT2D eigenvalue weighted by Crippen LogP contribution is 2.09. The van der Waals surface area contributed by atoms with Crippen LogP contribution in [0.1, 0.15) is 31.7 Å². The van der Waals surface area contributed by atoms with Gasteiger partial charge in [0.2, 0.25) is 0 Å². The Balaban J connectivity index is 2.18. The molecule has 1 aromatic carbocycles. The second-order valence-electron chi connectivity index (χ2n) is 4.82. The zero-order valence-electron chi connectivity index (χ0n) is 11.2. The maximum absolute atomic E-state index is 9.29. The van der Waals surface area contributed by atoms with Crippen LogP contribution in [0.15, 0.2) is 30.3 Å². The average Bonchev–Trinajstić information content (AvgIpc) is 2.45. The van der Waals surface area contributed by atoms with E-state index in [1.165, 1.54) is 5.56 Å². The second-order valence-corrected chi connectivity index (χ2v) is 4.82. The van der Waals surface area contributed by atoms with Crippen LogP contribution in [0, 0.1) is 0 Å². The third-order valence-electron chi connectivity index (χ3n) is 3.52. The van der Waals surface area contributed by atoms with Gasteiger partial charge in [-0.25, -0.2) is 0 Å². The van der Waals surface area contributed by atoms with Crippen LogP contribution >= 0.6 is 0 Å². The summed E-state index contributed by atoms with van der Waals surface area (Å²) in [6.07, 6.45) is 3.99. The minimum Gasteiger partial charge on any atom is -0.394 e. The van der Waals surface area contributed by atoms with Crippen molar-refractivity contribution in [2.45, 2.75) is 38.1 Å². The lowest BCUT2D eigenvalue weighted by atomic mass is 9.98. The van der Waals surface area contributed by atoms with E-state index in [4.69, 9.17) is 0 Å². The molecular formula is C15H25NO2. The number of aryl methyl sites for hydroxylation is 1. The summed E-state index contributed by atoms with van der Waals surface area (Å²) in [7, 11) is 0. The molecule has 0 unspecified atom stereocenters. The monoisotopic (exact) mass is 251 g/mol. The Morgan fingerprint density at radius 1 is 1.06 bits per heavy atom. The fourth-order valence-corrected chi connectivity index (χ4v) is 1.96. The second kappa shape index (κ2) is 8.25. The summed E-state index contributed by atoms with van der Waals surface area (Å²) in [4.78, 5) is 0. The Hall–Kier alpha value is -0.900. The third kappa shape index (κ3) is 4.77. The Kier molecular flexibility index (Phi) is 6.94. The molecule has 0 fully saturated rings. The van der Waals surface area contributed by atoms with Crippen LogP contribution in [-0.4, -0.2) is 35.5 Å². The molecule has 0 radical (unpaired) electrons. The fourth-order valence-electron chi connectivity index (χ4n) is 1.96. The molecule has 0 aliphatic heterocycles. The summed E-state index contributed by atoms with van der Waals surface area (Å²) in [6, 6.07) is 10.4. The Labute approximate surface area is 110 Å². The molecular weight excluding hydrogens is 226 g/mol. The summed E-state index contributed by atoms with van der Waals surface area (Å²) < 4.78 is 0. The van der Waals surface area contributed by atoms with Crippen molar-refractivity contribution in [2.24, 2.45) is 0 Å². The Bertz CT molecular complexity index is 301. The molecule has 0 saturated heterocycles. The molecule has 1 rings (SSSR count). The highest BCUT2D eigenvalue weighted by atomic mass is 16.3. The quantitative estimate of drug-likeness (QED) is 0.586. The van der Waals surface area contributed by atoms with Crippen molar-refractivity contribution in [2.75, 3.05) is 19.8 Å². The molecule has 0 aliphatic rings. The summed E-state index contributed by atoms with van der Waals surface area (Å²) in [5, 5.41) is 21.8. The lowest BCUT2D eigenvalue weighted by Gasteiger charge is -2.29. The molecule has 0 saturated carbocycles. The van der Waals surface area contributed by atoms with E-state index in [2.05, 4.69) is 29.6 Å². The van der Waals surface area contributed by atoms with Gasteiger partial charge in [0, 0.05) is 0 Å². The van der Waals surface area contributed by atoms with Crippen molar-refractivity contribution in [1.29, 1.82) is 0 Å². The van der Waals surface area contributed by atoms with Gasteiger partial charge >= 0.3 is 0 Å². The van der Waals surface area contributed by atoms with E-state index in [1.807, 2.05) is 13.0 Å². The lowest BCUT2D eigenvalue weighted by molar-refractivity contribution is 0.0876. The van der Waals surface area contributed by atoms with E-state index < -0.39 is 5.54 Å². The standard InChI is InChI=1S/C15H25NO2/c1-2-15(12-17,13-18)16-11-7-6-10-14-8-4-3-5-9-14/h3-5,8-9,16-18H,2,6-7,10-13H2,1H3. The predicted octanol–water partition coefficient (Wildman–Crippen LogP) is 1.73. The van der Waals surface area contributed by atoms with E-state index in [-0.39, 0.29) is 13.2 Å². The predicted molar refractivity (Wildman–Crippen MR) is 74.6 cm³/mol. The molecule has 0 heterocycles. The van der Waals surface area contributed by atoms with Crippen LogP contribution in [-0.2, 0) is 6.42 Å². The number of unbranched alkanes of at least 4 members (excludes halogenated alkanes) is 1. The number of hydrogen-bond donors (Lipinski definition) is 3. The zero-order chi connectivity index (χ0) is 13.3. The molecule has 3 N–H and O–H groups in total. The molecule has 0 bridgehead atoms. The zero-order valence-corrected chi connectivity index (χ0v) is 11.2. The number of benzene rings is 1. The molecule has 3 heteroatoms. The van der Waals surface area contributed by atoms with E-state index >= 15 is 0 Å². The Morgan fingerprint density at radius 2 is 1.72 bits per heavy atom. The van der Waals surface area contributed by atoms with Gasteiger partial charge in [-0.1, -0.05) is 37.3 Å². The molecule has 0 aromatic heterocycles. The van der Waals surface area contributed by atoms with E-state index in [1.54, 1.807) is 0 Å². The maximum Gasteiger partial charge on any atom is 0.0645 e. The van der Waals surface area contributed by atoms with Crippen LogP contribution in [0.5, 0.6) is 0 Å². The molecule has 0 aliphatic carbocycles. The minimum atomic E-state index is -0.507. The van der Waals surface area contributed by atoms with Gasteiger partial charge in [-0.15, -0.1) is 0 Å². The van der Waals surface area contributed by atoms with Crippen LogP contribution in [0.4, 0.5) is 0 Å². The summed E-state index contributed by atoms with van der Waals surface area (Å²) in [5.41, 5.74) is 0.857. The van der Waals surface area contributed by atoms with Crippen molar-refractivity contribution in [3.63, 3.8) is 0 Å². The van der Waals surface area contributed by atoms with Crippen LogP contribution in [0.3, 0.4) is 0 Å². The van der Waals surface area contributed by atoms with E-state index in [9.17, 15) is 10.2 Å². The van der Waals surface area contributed by atoms with Crippen LogP contribution in [0.2, 0.25) is 0 Å². The summed E-state index contributed by atoms with van der Waals surface area (Å²) in [5.74, 6) is 0. The first-order chi connectivity index (χ1) is 8.76. The summed E-state index contributed by atoms with van der Waals surface area (Å²) >= 11 is 0. The van der Waals surface area contributed by atoms with Gasteiger partial charge in [-0.2, -0.15) is 0 Å². The number of hydrogen-bond acceptors (Lipinski definition) is 3. The van der Waals surface area contributed by atoms with Crippen molar-refractivity contribution in [3.8, 4) is 0 Å². The lowest BCUT2D eigenvalue weighted by Crippen LogP contribution is -2.51. The normalized spacial score (nSPS) is 11.7. The topological polar surface area (TPSA) is 52.5 Å². The van der Waals surface area contributed by atoms with Gasteiger partial charge in [0.1, 0.15) is 0 Å². The van der Waals surface area contributed by atoms with Gasteiger partial charge < -0.3 is 15.5 Å². The highest BCUT2D eigenvalue weighted by Gasteiger charge is 2.24. The van der Waals surface area contributed by atoms with Crippen molar-refractivity contribution < 1.29 is 10.2 Å². The first-order valence-corrected chi connectivity index (χ1v) is 6.77. The number of aliphatic hydroxyl groups is 2. The van der Waals surface area contributed by atoms with Gasteiger partial charge in [0.25, 0.3) is 0 Å². The molecule has 0 amide bonds. The summed E-state index contributed by atoms with van der Waals surface area (Å²) in [6.45, 7) is 2.78. The Morgan fingerprint density at radius 3 is 2.28 bits per heavy atom. The van der Waals surface area contributed by atoms with Crippen molar-refractivity contribution in [3.05, 3.63) is 35.9 Å². The smallest absolute Gasteiger partial charge is 0.0645 e. The molecule has 3 nitrogen and oxygen atoms in total. The highest BCUT2D eigenvalue weighted by molar-refractivity contribution is 5.14. The van der Waals surface area contributed by atoms with E-state index in [0.717, 1.165) is 32.2 Å². The fraction of sp³-hybridized carbons (Fsp3) is 0.600. The van der Waals surface area contributed by atoms with Crippen molar-refractivity contribution in [1.82, 2.24) is 5.32 Å². The van der Waals surface area contributed by atoms with Gasteiger partial charge in [0.15, 0.2) is 0 Å². The van der Waals surface area contributed by atoms with E-state index in [0.29, 0.717) is 0 Å². The first-order valence-electron chi connectivity index (χ1n) is 6.77. The maximum atomic E-state index is 9.29. The van der Waals surface area contributed by atoms with Gasteiger partial charge in [-0.05, 0) is 37.8 Å². The minimum absolute atomic E-state index is 0.0152. The molecule has 18 heavy (non-hydrogen) atoms. The average molecular weight is 251 g/mol. The number of rotatable bonds is 9. The molecule has 102 valence electrons. The SMILES string of the molecule is CCC(CO)(CO)NCCCCc1ccccc1. The number of nitrogens with one attached hydrogen (secondary N) is 1. The van der Waals surface area contributed by atoms with Gasteiger partial charge in [-0.3, -0.25) is 0 Å². The molecule has 0 atom stereocenters. The molecule has 0 spiro atoms. The number of aliphatic hydroxyl groups excluding tert-OH is 2. The molecule has 1 aromatic rings. The van der Waals surface area contributed by atoms with Gasteiger partial charge in [0.05, 0.1) is 18.8 Å². The third-order valence-corrected chi connectivity index (χ3v) is 3.52. The van der Waals surface area contributed by atoms with Crippen molar-refractivity contribution >= 4 is 0 Å². The van der Waals surface area contributed by atoms with Crippen LogP contribution < -0.4 is 5.32 Å². The largest absolute Gasteiger partial charge is 0.394 e.